The zero-order chi connectivity index (χ0) is 34.3. The van der Waals surface area contributed by atoms with Gasteiger partial charge in [-0.05, 0) is 82.5 Å². The Morgan fingerprint density at radius 2 is 0.950 bits per heavy atom. The molecule has 0 atom stereocenters. The number of fused-ring (bicyclic) bond motifs is 4. The van der Waals surface area contributed by atoms with Gasteiger partial charge in [0.05, 0.1) is 12.3 Å². The minimum atomic E-state index is -0.455. The molecule has 186 valence electrons. The first kappa shape index (κ1) is 15.4. The fraction of sp³-hybridized carbons (Fsp3) is 0. The van der Waals surface area contributed by atoms with E-state index < -0.39 is 24.2 Å². The highest BCUT2D eigenvalue weighted by Crippen LogP contribution is 2.46. The van der Waals surface area contributed by atoms with Crippen LogP contribution in [0.5, 0.6) is 0 Å². The van der Waals surface area contributed by atoms with Crippen molar-refractivity contribution >= 4 is 43.1 Å². The first-order chi connectivity index (χ1) is 23.6. The van der Waals surface area contributed by atoms with Crippen molar-refractivity contribution in [3.63, 3.8) is 0 Å². The van der Waals surface area contributed by atoms with Crippen molar-refractivity contribution in [1.29, 1.82) is 0 Å². The van der Waals surface area contributed by atoms with Crippen LogP contribution in [0.3, 0.4) is 0 Å². The van der Waals surface area contributed by atoms with Crippen LogP contribution in [0.2, 0.25) is 0 Å². The molecule has 0 amide bonds. The Balaban J connectivity index is 1.61. The monoisotopic (exact) mass is 515 g/mol. The Bertz CT molecular complexity index is 2630. The van der Waals surface area contributed by atoms with Gasteiger partial charge in [-0.3, -0.25) is 0 Å². The van der Waals surface area contributed by atoms with Crippen molar-refractivity contribution in [2.45, 2.75) is 0 Å². The fourth-order valence-corrected chi connectivity index (χ4v) is 5.87. The molecule has 0 heteroatoms. The molecule has 0 saturated heterocycles. The van der Waals surface area contributed by atoms with Gasteiger partial charge in [0.25, 0.3) is 0 Å². The van der Waals surface area contributed by atoms with Crippen LogP contribution in [0.1, 0.15) is 12.3 Å². The van der Waals surface area contributed by atoms with Crippen molar-refractivity contribution < 1.29 is 12.3 Å². The summed E-state index contributed by atoms with van der Waals surface area (Å²) in [4.78, 5) is 0. The second-order valence-corrected chi connectivity index (χ2v) is 9.81. The van der Waals surface area contributed by atoms with E-state index in [1.54, 1.807) is 24.3 Å². The standard InChI is InChI=1S/C40H26/c1-2-13-28(14-3-1)39-35-16-6-8-18-37(35)40(38-19-9-7-17-36(38)39)34-23-11-21-32-31(20-10-22-33(32)34)30-25-24-27-12-4-5-15-29(27)26-30/h1-26H/i2D,6D,7D,8D,9D,16D,17D,18D,19D. The van der Waals surface area contributed by atoms with Crippen LogP contribution in [0.15, 0.2) is 158 Å². The van der Waals surface area contributed by atoms with Gasteiger partial charge in [-0.15, -0.1) is 0 Å². The molecule has 8 aromatic carbocycles. The van der Waals surface area contributed by atoms with E-state index in [2.05, 4.69) is 30.3 Å². The predicted octanol–water partition coefficient (Wildman–Crippen LogP) is 11.3. The molecule has 0 fully saturated rings. The van der Waals surface area contributed by atoms with E-state index >= 15 is 0 Å². The van der Waals surface area contributed by atoms with Gasteiger partial charge >= 0.3 is 0 Å². The van der Waals surface area contributed by atoms with Crippen LogP contribution < -0.4 is 0 Å². The van der Waals surface area contributed by atoms with E-state index in [0.717, 1.165) is 32.7 Å². The third-order valence-electron chi connectivity index (χ3n) is 7.62. The number of rotatable bonds is 3. The van der Waals surface area contributed by atoms with E-state index in [1.807, 2.05) is 48.5 Å². The van der Waals surface area contributed by atoms with Crippen LogP contribution in [0, 0.1) is 0 Å². The molecule has 8 aromatic rings. The molecule has 0 aromatic heterocycles. The molecule has 0 aliphatic carbocycles. The molecule has 0 N–H and O–H groups in total. The summed E-state index contributed by atoms with van der Waals surface area (Å²) in [6.45, 7) is 0. The van der Waals surface area contributed by atoms with Gasteiger partial charge < -0.3 is 0 Å². The number of hydrogen-bond acceptors (Lipinski definition) is 0. The van der Waals surface area contributed by atoms with Gasteiger partial charge in [0.2, 0.25) is 0 Å². The highest BCUT2D eigenvalue weighted by molar-refractivity contribution is 6.24. The van der Waals surface area contributed by atoms with E-state index in [-0.39, 0.29) is 57.3 Å². The minimum absolute atomic E-state index is 0.131. The molecule has 0 nitrogen and oxygen atoms in total. The topological polar surface area (TPSA) is 0 Å². The molecule has 0 bridgehead atoms. The molecule has 0 heterocycles. The maximum Gasteiger partial charge on any atom is 0.0629 e. The number of benzene rings is 8. The lowest BCUT2D eigenvalue weighted by atomic mass is 9.84. The smallest absolute Gasteiger partial charge is 0.0622 e. The molecule has 8 rings (SSSR count). The van der Waals surface area contributed by atoms with Crippen molar-refractivity contribution in [3.8, 4) is 33.4 Å². The molecule has 0 spiro atoms. The summed E-state index contributed by atoms with van der Waals surface area (Å²) in [5, 5.41) is 4.41. The summed E-state index contributed by atoms with van der Waals surface area (Å²) < 4.78 is 79.9. The van der Waals surface area contributed by atoms with Gasteiger partial charge in [-0.2, -0.15) is 0 Å². The minimum Gasteiger partial charge on any atom is -0.0622 e. The van der Waals surface area contributed by atoms with Crippen molar-refractivity contribution in [3.05, 3.63) is 158 Å². The van der Waals surface area contributed by atoms with Gasteiger partial charge in [0, 0.05) is 0 Å². The summed E-state index contributed by atoms with van der Waals surface area (Å²) in [7, 11) is 0. The van der Waals surface area contributed by atoms with E-state index in [9.17, 15) is 2.74 Å². The first-order valence-corrected chi connectivity index (χ1v) is 13.1. The second-order valence-electron chi connectivity index (χ2n) is 9.81. The quantitative estimate of drug-likeness (QED) is 0.205. The lowest BCUT2D eigenvalue weighted by Gasteiger charge is -2.19. The molecule has 0 unspecified atom stereocenters. The van der Waals surface area contributed by atoms with E-state index in [0.29, 0.717) is 16.7 Å². The van der Waals surface area contributed by atoms with E-state index in [1.165, 1.54) is 0 Å². The lowest BCUT2D eigenvalue weighted by molar-refractivity contribution is 1.65. The number of hydrogen-bond donors (Lipinski definition) is 0. The Morgan fingerprint density at radius 1 is 0.350 bits per heavy atom. The third kappa shape index (κ3) is 3.54. The molecular formula is C40H26. The first-order valence-electron chi connectivity index (χ1n) is 17.6. The second kappa shape index (κ2) is 9.22. The summed E-state index contributed by atoms with van der Waals surface area (Å²) in [5.74, 6) is 0. The van der Waals surface area contributed by atoms with Crippen LogP contribution in [0.25, 0.3) is 76.5 Å². The summed E-state index contributed by atoms with van der Waals surface area (Å²) in [5.41, 5.74) is 3.47. The lowest BCUT2D eigenvalue weighted by Crippen LogP contribution is -1.92. The molecule has 0 saturated carbocycles. The van der Waals surface area contributed by atoms with Crippen molar-refractivity contribution in [2.75, 3.05) is 0 Å². The van der Waals surface area contributed by atoms with Crippen LogP contribution in [-0.2, 0) is 0 Å². The fourth-order valence-electron chi connectivity index (χ4n) is 5.87. The van der Waals surface area contributed by atoms with Crippen molar-refractivity contribution in [2.24, 2.45) is 0 Å². The highest BCUT2D eigenvalue weighted by Gasteiger charge is 2.18. The zero-order valence-electron chi connectivity index (χ0n) is 30.3. The Kier molecular flexibility index (Phi) is 3.55. The summed E-state index contributed by atoms with van der Waals surface area (Å²) >= 11 is 0. The molecule has 0 aliphatic heterocycles. The zero-order valence-corrected chi connectivity index (χ0v) is 21.3. The van der Waals surface area contributed by atoms with E-state index in [4.69, 9.17) is 9.60 Å². The third-order valence-corrected chi connectivity index (χ3v) is 7.62. The normalized spacial score (nSPS) is 14.7. The Labute approximate surface area is 246 Å². The highest BCUT2D eigenvalue weighted by atomic mass is 14.2. The Morgan fingerprint density at radius 3 is 1.65 bits per heavy atom. The predicted molar refractivity (Wildman–Crippen MR) is 173 cm³/mol. The summed E-state index contributed by atoms with van der Waals surface area (Å²) in [6, 6.07) is 29.5. The van der Waals surface area contributed by atoms with Crippen LogP contribution in [0.4, 0.5) is 0 Å². The maximum atomic E-state index is 9.25. The maximum absolute atomic E-state index is 9.25. The van der Waals surface area contributed by atoms with Crippen molar-refractivity contribution in [1.82, 2.24) is 0 Å². The van der Waals surface area contributed by atoms with Crippen LogP contribution >= 0.6 is 0 Å². The molecule has 0 aliphatic rings. The average Bonchev–Trinajstić information content (AvgIpc) is 3.12. The average molecular weight is 516 g/mol. The Hall–Kier alpha value is -5.20. The summed E-state index contributed by atoms with van der Waals surface area (Å²) in [6.07, 6.45) is 0. The van der Waals surface area contributed by atoms with Crippen LogP contribution in [-0.4, -0.2) is 0 Å². The largest absolute Gasteiger partial charge is 0.0629 e. The molecule has 40 heavy (non-hydrogen) atoms. The SMILES string of the molecule is [2H]c1cccc(-c2c3c([2H])c([2H])c([2H])c([2H])c3c(-c3cccc4c(-c5ccc6ccccc6c5)cccc34)c3c([2H])c([2H])c([2H])c([2H])c23)c1. The molecule has 0 radical (unpaired) electrons. The molecular weight excluding hydrogens is 480 g/mol. The van der Waals surface area contributed by atoms with Gasteiger partial charge in [0.15, 0.2) is 0 Å². The van der Waals surface area contributed by atoms with Gasteiger partial charge in [-0.1, -0.05) is 151 Å². The van der Waals surface area contributed by atoms with Gasteiger partial charge in [0.1, 0.15) is 0 Å². The van der Waals surface area contributed by atoms with Gasteiger partial charge in [-0.25, -0.2) is 0 Å².